The lowest BCUT2D eigenvalue weighted by Crippen LogP contribution is -2.39. The number of para-hydroxylation sites is 3. The molecular formula is C24H29N3O5. The Morgan fingerprint density at radius 3 is 2.28 bits per heavy atom. The van der Waals surface area contributed by atoms with E-state index in [1.54, 1.807) is 30.3 Å². The summed E-state index contributed by atoms with van der Waals surface area (Å²) in [5.41, 5.74) is 1.10. The summed E-state index contributed by atoms with van der Waals surface area (Å²) in [6, 6.07) is 14.5. The number of amides is 2. The highest BCUT2D eigenvalue weighted by Crippen LogP contribution is 2.30. The molecule has 0 aliphatic carbocycles. The summed E-state index contributed by atoms with van der Waals surface area (Å²) in [5, 5.41) is 14.7. The van der Waals surface area contributed by atoms with Crippen molar-refractivity contribution < 1.29 is 23.8 Å². The van der Waals surface area contributed by atoms with Crippen LogP contribution in [-0.2, 0) is 0 Å². The maximum atomic E-state index is 12.8. The maximum absolute atomic E-state index is 12.8. The quantitative estimate of drug-likeness (QED) is 0.419. The van der Waals surface area contributed by atoms with Gasteiger partial charge in [-0.1, -0.05) is 24.3 Å². The molecule has 0 atom stereocenters. The van der Waals surface area contributed by atoms with Crippen molar-refractivity contribution in [3.8, 4) is 5.75 Å². The molecule has 2 amide bonds. The van der Waals surface area contributed by atoms with E-state index in [-0.39, 0.29) is 11.4 Å². The van der Waals surface area contributed by atoms with Gasteiger partial charge in [-0.15, -0.1) is 0 Å². The number of carbonyl (C=O) groups is 2. The van der Waals surface area contributed by atoms with Crippen LogP contribution in [0.1, 0.15) is 38.2 Å². The second-order valence-corrected chi connectivity index (χ2v) is 7.99. The van der Waals surface area contributed by atoms with Crippen molar-refractivity contribution >= 4 is 34.3 Å². The molecule has 0 saturated carbocycles. The number of benzene rings is 2. The summed E-state index contributed by atoms with van der Waals surface area (Å²) in [7, 11) is 0. The van der Waals surface area contributed by atoms with Crippen LogP contribution in [0.3, 0.4) is 0 Å². The third-order valence-electron chi connectivity index (χ3n) is 5.08. The van der Waals surface area contributed by atoms with Crippen LogP contribution in [0.2, 0.25) is 0 Å². The fourth-order valence-corrected chi connectivity index (χ4v) is 3.64. The number of nitrogens with zero attached hydrogens (tertiary/aromatic N) is 1. The second kappa shape index (κ2) is 10.2. The SMILES string of the molecule is CC(C)N(CCOc1cccc2cc(C(=O)Nc3ccccc3NC(=O)O)oc12)C(C)C. The van der Waals surface area contributed by atoms with E-state index in [1.165, 1.54) is 0 Å². The molecule has 0 aliphatic heterocycles. The first-order chi connectivity index (χ1) is 15.3. The highest BCUT2D eigenvalue weighted by Gasteiger charge is 2.18. The minimum Gasteiger partial charge on any atom is -0.488 e. The second-order valence-electron chi connectivity index (χ2n) is 7.99. The van der Waals surface area contributed by atoms with Gasteiger partial charge in [0.15, 0.2) is 17.1 Å². The number of carboxylic acid groups (broad SMARTS) is 1. The van der Waals surface area contributed by atoms with Crippen LogP contribution < -0.4 is 15.4 Å². The van der Waals surface area contributed by atoms with E-state index < -0.39 is 12.0 Å². The molecule has 0 saturated heterocycles. The van der Waals surface area contributed by atoms with E-state index in [0.717, 1.165) is 11.9 Å². The molecule has 8 nitrogen and oxygen atoms in total. The zero-order valence-corrected chi connectivity index (χ0v) is 18.7. The minimum absolute atomic E-state index is 0.104. The van der Waals surface area contributed by atoms with Gasteiger partial charge in [-0.3, -0.25) is 15.0 Å². The van der Waals surface area contributed by atoms with Gasteiger partial charge >= 0.3 is 6.09 Å². The lowest BCUT2D eigenvalue weighted by atomic mass is 10.2. The van der Waals surface area contributed by atoms with Gasteiger partial charge < -0.3 is 19.6 Å². The Kier molecular flexibility index (Phi) is 7.37. The molecule has 0 aliphatic rings. The van der Waals surface area contributed by atoms with Crippen molar-refractivity contribution in [2.24, 2.45) is 0 Å². The molecule has 2 aromatic carbocycles. The van der Waals surface area contributed by atoms with Gasteiger partial charge in [-0.05, 0) is 52.0 Å². The topological polar surface area (TPSA) is 104 Å². The number of rotatable bonds is 9. The van der Waals surface area contributed by atoms with Crippen LogP contribution in [0, 0.1) is 0 Å². The van der Waals surface area contributed by atoms with Crippen LogP contribution in [0.15, 0.2) is 52.9 Å². The lowest BCUT2D eigenvalue weighted by Gasteiger charge is -2.30. The summed E-state index contributed by atoms with van der Waals surface area (Å²) in [6.07, 6.45) is -1.22. The monoisotopic (exact) mass is 439 g/mol. The predicted molar refractivity (Wildman–Crippen MR) is 125 cm³/mol. The van der Waals surface area contributed by atoms with Crippen molar-refractivity contribution in [3.05, 3.63) is 54.3 Å². The van der Waals surface area contributed by atoms with E-state index in [1.807, 2.05) is 18.2 Å². The summed E-state index contributed by atoms with van der Waals surface area (Å²) in [6.45, 7) is 9.88. The van der Waals surface area contributed by atoms with Crippen molar-refractivity contribution in [2.45, 2.75) is 39.8 Å². The average molecular weight is 440 g/mol. The van der Waals surface area contributed by atoms with Crippen LogP contribution in [0.5, 0.6) is 5.75 Å². The van der Waals surface area contributed by atoms with Gasteiger partial charge in [0.25, 0.3) is 5.91 Å². The summed E-state index contributed by atoms with van der Waals surface area (Å²) in [5.74, 6) is 0.187. The Hall–Kier alpha value is -3.52. The Morgan fingerprint density at radius 2 is 1.66 bits per heavy atom. The van der Waals surface area contributed by atoms with Crippen molar-refractivity contribution in [2.75, 3.05) is 23.8 Å². The third-order valence-corrected chi connectivity index (χ3v) is 5.08. The molecule has 0 spiro atoms. The molecule has 0 fully saturated rings. The standard InChI is InChI=1S/C24H29N3O5/c1-15(2)27(16(3)4)12-13-31-20-11-7-8-17-14-21(32-22(17)20)23(28)25-18-9-5-6-10-19(18)26-24(29)30/h5-11,14-16,26H,12-13H2,1-4H3,(H,25,28)(H,29,30). The summed E-state index contributed by atoms with van der Waals surface area (Å²) >= 11 is 0. The van der Waals surface area contributed by atoms with Crippen molar-refractivity contribution in [1.29, 1.82) is 0 Å². The highest BCUT2D eigenvalue weighted by atomic mass is 16.5. The Morgan fingerprint density at radius 1 is 1.00 bits per heavy atom. The van der Waals surface area contributed by atoms with E-state index in [0.29, 0.717) is 35.7 Å². The number of nitrogens with one attached hydrogen (secondary N) is 2. The number of furan rings is 1. The highest BCUT2D eigenvalue weighted by molar-refractivity contribution is 6.07. The third kappa shape index (κ3) is 5.59. The van der Waals surface area contributed by atoms with E-state index in [2.05, 4.69) is 43.2 Å². The molecule has 1 heterocycles. The first kappa shape index (κ1) is 23.1. The van der Waals surface area contributed by atoms with Crippen molar-refractivity contribution in [1.82, 2.24) is 4.90 Å². The molecule has 32 heavy (non-hydrogen) atoms. The zero-order chi connectivity index (χ0) is 23.3. The zero-order valence-electron chi connectivity index (χ0n) is 18.7. The Balaban J connectivity index is 1.75. The Labute approximate surface area is 187 Å². The van der Waals surface area contributed by atoms with Gasteiger partial charge in [0.05, 0.1) is 11.4 Å². The van der Waals surface area contributed by atoms with Gasteiger partial charge in [-0.2, -0.15) is 0 Å². The van der Waals surface area contributed by atoms with Gasteiger partial charge in [0, 0.05) is 24.0 Å². The molecule has 0 bridgehead atoms. The van der Waals surface area contributed by atoms with Gasteiger partial charge in [0.1, 0.15) is 6.61 Å². The first-order valence-corrected chi connectivity index (χ1v) is 10.6. The molecular weight excluding hydrogens is 410 g/mol. The minimum atomic E-state index is -1.22. The van der Waals surface area contributed by atoms with Gasteiger partial charge in [-0.25, -0.2) is 4.79 Å². The predicted octanol–water partition coefficient (Wildman–Crippen LogP) is 5.27. The lowest BCUT2D eigenvalue weighted by molar-refractivity contribution is 0.0998. The number of carbonyl (C=O) groups excluding carboxylic acids is 1. The number of hydrogen-bond donors (Lipinski definition) is 3. The first-order valence-electron chi connectivity index (χ1n) is 10.6. The maximum Gasteiger partial charge on any atom is 0.409 e. The molecule has 3 rings (SSSR count). The number of fused-ring (bicyclic) bond motifs is 1. The fraction of sp³-hybridized carbons (Fsp3) is 0.333. The molecule has 3 aromatic rings. The molecule has 0 unspecified atom stereocenters. The van der Waals surface area contributed by atoms with Crippen LogP contribution in [-0.4, -0.2) is 47.2 Å². The number of hydrogen-bond acceptors (Lipinski definition) is 5. The van der Waals surface area contributed by atoms with Gasteiger partial charge in [0.2, 0.25) is 0 Å². The molecule has 8 heteroatoms. The normalized spacial score (nSPS) is 11.3. The number of ether oxygens (including phenoxy) is 1. The molecule has 0 radical (unpaired) electrons. The molecule has 170 valence electrons. The largest absolute Gasteiger partial charge is 0.488 e. The van der Waals surface area contributed by atoms with Crippen LogP contribution in [0.4, 0.5) is 16.2 Å². The average Bonchev–Trinajstić information content (AvgIpc) is 3.17. The van der Waals surface area contributed by atoms with E-state index in [9.17, 15) is 9.59 Å². The summed E-state index contributed by atoms with van der Waals surface area (Å²) < 4.78 is 11.8. The van der Waals surface area contributed by atoms with Crippen LogP contribution in [0.25, 0.3) is 11.0 Å². The van der Waals surface area contributed by atoms with E-state index >= 15 is 0 Å². The Bertz CT molecular complexity index is 1080. The summed E-state index contributed by atoms with van der Waals surface area (Å²) in [4.78, 5) is 26.1. The smallest absolute Gasteiger partial charge is 0.409 e. The fourth-order valence-electron chi connectivity index (χ4n) is 3.64. The molecule has 1 aromatic heterocycles. The van der Waals surface area contributed by atoms with Crippen molar-refractivity contribution in [3.63, 3.8) is 0 Å². The van der Waals surface area contributed by atoms with E-state index in [4.69, 9.17) is 14.3 Å². The number of anilines is 2. The van der Waals surface area contributed by atoms with Crippen LogP contribution >= 0.6 is 0 Å². The molecule has 3 N–H and O–H groups in total.